The fourth-order valence-electron chi connectivity index (χ4n) is 4.25. The molecule has 1 fully saturated rings. The summed E-state index contributed by atoms with van der Waals surface area (Å²) in [7, 11) is 0. The summed E-state index contributed by atoms with van der Waals surface area (Å²) in [6.45, 7) is 0. The minimum atomic E-state index is -0.761. The first-order valence-electron chi connectivity index (χ1n) is 10.6. The number of aliphatic carboxylic acids is 1. The van der Waals surface area contributed by atoms with Crippen molar-refractivity contribution in [2.24, 2.45) is 11.8 Å². The van der Waals surface area contributed by atoms with E-state index in [1.807, 2.05) is 18.2 Å². The predicted molar refractivity (Wildman–Crippen MR) is 115 cm³/mol. The van der Waals surface area contributed by atoms with Crippen LogP contribution in [-0.2, 0) is 4.79 Å². The molecule has 5 atom stereocenters. The van der Waals surface area contributed by atoms with E-state index in [2.05, 4.69) is 0 Å². The van der Waals surface area contributed by atoms with Crippen molar-refractivity contribution in [2.45, 2.75) is 76.1 Å². The third-order valence-corrected chi connectivity index (χ3v) is 6.13. The Morgan fingerprint density at radius 3 is 2.31 bits per heavy atom. The standard InChI is InChI=1S/C23H33ClO5/c24-17-10-7-16(8-11-17)9-12-18(25)13-14-20-19(21(26)15-22(20)27)5-3-1-2-4-6-23(28)29/h7-12,18-22,25-27H,1-6,13-15H2,(H,28,29)/b12-9+/t18?,19-,20-,21+,22-/m1/s1. The number of carboxylic acid groups (broad SMARTS) is 1. The lowest BCUT2D eigenvalue weighted by molar-refractivity contribution is -0.137. The van der Waals surface area contributed by atoms with Gasteiger partial charge in [-0.1, -0.05) is 55.1 Å². The molecule has 1 unspecified atom stereocenters. The normalized spacial score (nSPS) is 25.5. The average Bonchev–Trinajstić information content (AvgIpc) is 2.94. The van der Waals surface area contributed by atoms with Crippen molar-refractivity contribution in [3.63, 3.8) is 0 Å². The largest absolute Gasteiger partial charge is 0.481 e. The van der Waals surface area contributed by atoms with Crippen molar-refractivity contribution < 1.29 is 25.2 Å². The van der Waals surface area contributed by atoms with Gasteiger partial charge in [0.15, 0.2) is 0 Å². The number of unbranched alkanes of at least 4 members (excludes halogenated alkanes) is 3. The summed E-state index contributed by atoms with van der Waals surface area (Å²) < 4.78 is 0. The number of aliphatic hydroxyl groups is 3. The molecule has 0 radical (unpaired) electrons. The van der Waals surface area contributed by atoms with Gasteiger partial charge in [-0.05, 0) is 61.6 Å². The zero-order valence-electron chi connectivity index (χ0n) is 16.8. The third kappa shape index (κ3) is 8.47. The number of hydrogen-bond donors (Lipinski definition) is 4. The third-order valence-electron chi connectivity index (χ3n) is 5.88. The van der Waals surface area contributed by atoms with Crippen LogP contribution >= 0.6 is 11.6 Å². The van der Waals surface area contributed by atoms with Crippen LogP contribution in [0.15, 0.2) is 30.3 Å². The lowest BCUT2D eigenvalue weighted by Gasteiger charge is -2.24. The molecule has 4 N–H and O–H groups in total. The number of benzene rings is 1. The Kier molecular flexibility index (Phi) is 10.2. The Balaban J connectivity index is 1.75. The van der Waals surface area contributed by atoms with Gasteiger partial charge >= 0.3 is 5.97 Å². The van der Waals surface area contributed by atoms with Crippen molar-refractivity contribution in [1.29, 1.82) is 0 Å². The number of halogens is 1. The van der Waals surface area contributed by atoms with Gasteiger partial charge in [-0.2, -0.15) is 0 Å². The van der Waals surface area contributed by atoms with Crippen LogP contribution in [0.3, 0.4) is 0 Å². The van der Waals surface area contributed by atoms with Gasteiger partial charge in [0.25, 0.3) is 0 Å². The van der Waals surface area contributed by atoms with E-state index in [0.29, 0.717) is 30.7 Å². The highest BCUT2D eigenvalue weighted by atomic mass is 35.5. The number of carboxylic acids is 1. The first kappa shape index (κ1) is 23.9. The first-order valence-corrected chi connectivity index (χ1v) is 10.9. The van der Waals surface area contributed by atoms with E-state index in [9.17, 15) is 20.1 Å². The molecule has 1 saturated carbocycles. The predicted octanol–water partition coefficient (Wildman–Crippen LogP) is 4.28. The van der Waals surface area contributed by atoms with Crippen molar-refractivity contribution >= 4 is 23.6 Å². The van der Waals surface area contributed by atoms with E-state index in [1.165, 1.54) is 0 Å². The van der Waals surface area contributed by atoms with E-state index in [-0.39, 0.29) is 18.3 Å². The maximum Gasteiger partial charge on any atom is 0.303 e. The molecule has 2 rings (SSSR count). The second-order valence-electron chi connectivity index (χ2n) is 8.10. The zero-order chi connectivity index (χ0) is 21.2. The van der Waals surface area contributed by atoms with Gasteiger partial charge < -0.3 is 20.4 Å². The molecule has 6 heteroatoms. The van der Waals surface area contributed by atoms with Crippen molar-refractivity contribution in [3.05, 3.63) is 40.9 Å². The quantitative estimate of drug-likeness (QED) is 0.375. The number of aliphatic hydroxyl groups excluding tert-OH is 3. The molecule has 1 aliphatic rings. The van der Waals surface area contributed by atoms with E-state index in [1.54, 1.807) is 18.2 Å². The molecule has 1 aromatic carbocycles. The van der Waals surface area contributed by atoms with Crippen LogP contribution in [0.4, 0.5) is 0 Å². The molecule has 29 heavy (non-hydrogen) atoms. The van der Waals surface area contributed by atoms with E-state index >= 15 is 0 Å². The summed E-state index contributed by atoms with van der Waals surface area (Å²) in [5.74, 6) is -0.734. The highest BCUT2D eigenvalue weighted by Gasteiger charge is 2.40. The van der Waals surface area contributed by atoms with Crippen LogP contribution in [0.5, 0.6) is 0 Å². The van der Waals surface area contributed by atoms with Crippen LogP contribution in [0.1, 0.15) is 63.4 Å². The second kappa shape index (κ2) is 12.3. The second-order valence-corrected chi connectivity index (χ2v) is 8.54. The summed E-state index contributed by atoms with van der Waals surface area (Å²) in [6, 6.07) is 7.37. The van der Waals surface area contributed by atoms with Crippen molar-refractivity contribution in [3.8, 4) is 0 Å². The number of carbonyl (C=O) groups is 1. The fraction of sp³-hybridized carbons (Fsp3) is 0.609. The maximum absolute atomic E-state index is 10.5. The number of rotatable bonds is 12. The summed E-state index contributed by atoms with van der Waals surface area (Å²) in [6.07, 6.45) is 7.99. The molecule has 1 aliphatic carbocycles. The Labute approximate surface area is 178 Å². The molecule has 0 spiro atoms. The van der Waals surface area contributed by atoms with Gasteiger partial charge in [-0.3, -0.25) is 4.79 Å². The molecular formula is C23H33ClO5. The molecule has 0 amide bonds. The SMILES string of the molecule is O=C(O)CCCCCC[C@@H]1[C@@H](CCC(O)/C=C/c2ccc(Cl)cc2)[C@H](O)C[C@@H]1O. The van der Waals surface area contributed by atoms with Gasteiger partial charge in [-0.25, -0.2) is 0 Å². The summed E-state index contributed by atoms with van der Waals surface area (Å²) in [5.41, 5.74) is 0.963. The highest BCUT2D eigenvalue weighted by molar-refractivity contribution is 6.30. The van der Waals surface area contributed by atoms with Crippen LogP contribution in [-0.4, -0.2) is 44.7 Å². The van der Waals surface area contributed by atoms with E-state index in [0.717, 1.165) is 31.2 Å². The van der Waals surface area contributed by atoms with Gasteiger partial charge in [0.2, 0.25) is 0 Å². The average molecular weight is 425 g/mol. The Bertz CT molecular complexity index is 645. The minimum Gasteiger partial charge on any atom is -0.481 e. The van der Waals surface area contributed by atoms with Gasteiger partial charge in [0.05, 0.1) is 18.3 Å². The van der Waals surface area contributed by atoms with Gasteiger partial charge in [0, 0.05) is 11.4 Å². The Morgan fingerprint density at radius 2 is 1.66 bits per heavy atom. The molecule has 162 valence electrons. The maximum atomic E-state index is 10.5. The molecule has 0 saturated heterocycles. The van der Waals surface area contributed by atoms with Crippen LogP contribution in [0.25, 0.3) is 6.08 Å². The van der Waals surface area contributed by atoms with Crippen LogP contribution in [0.2, 0.25) is 5.02 Å². The highest BCUT2D eigenvalue weighted by Crippen LogP contribution is 2.39. The van der Waals surface area contributed by atoms with Gasteiger partial charge in [-0.15, -0.1) is 0 Å². The molecule has 0 bridgehead atoms. The summed E-state index contributed by atoms with van der Waals surface area (Å²) in [5, 5.41) is 40.3. The van der Waals surface area contributed by atoms with Crippen LogP contribution in [0, 0.1) is 11.8 Å². The molecule has 0 aliphatic heterocycles. The lowest BCUT2D eigenvalue weighted by Crippen LogP contribution is -2.23. The van der Waals surface area contributed by atoms with Gasteiger partial charge in [0.1, 0.15) is 0 Å². The summed E-state index contributed by atoms with van der Waals surface area (Å²) >= 11 is 5.87. The smallest absolute Gasteiger partial charge is 0.303 e. The Morgan fingerprint density at radius 1 is 1.03 bits per heavy atom. The zero-order valence-corrected chi connectivity index (χ0v) is 17.5. The molecule has 1 aromatic rings. The monoisotopic (exact) mass is 424 g/mol. The fourth-order valence-corrected chi connectivity index (χ4v) is 4.37. The van der Waals surface area contributed by atoms with Crippen molar-refractivity contribution in [1.82, 2.24) is 0 Å². The molecule has 0 aromatic heterocycles. The molecule has 5 nitrogen and oxygen atoms in total. The Hall–Kier alpha value is -1.40. The molecular weight excluding hydrogens is 392 g/mol. The van der Waals surface area contributed by atoms with Crippen LogP contribution < -0.4 is 0 Å². The number of hydrogen-bond acceptors (Lipinski definition) is 4. The minimum absolute atomic E-state index is 0.0115. The summed E-state index contributed by atoms with van der Waals surface area (Å²) in [4.78, 5) is 10.5. The molecule has 0 heterocycles. The van der Waals surface area contributed by atoms with Crippen molar-refractivity contribution in [2.75, 3.05) is 0 Å². The first-order chi connectivity index (χ1) is 13.9. The topological polar surface area (TPSA) is 98.0 Å². The lowest BCUT2D eigenvalue weighted by atomic mass is 9.85. The van der Waals surface area contributed by atoms with E-state index in [4.69, 9.17) is 16.7 Å². The van der Waals surface area contributed by atoms with E-state index < -0.39 is 24.3 Å².